The molecule has 0 heterocycles. The molecular weight excluding hydrogens is 298 g/mol. The van der Waals surface area contributed by atoms with Crippen LogP contribution in [0.25, 0.3) is 0 Å². The second-order valence-corrected chi connectivity index (χ2v) is 5.75. The number of halogens is 1. The SMILES string of the molecule is Cc1cc(Cl)ccc1O[C@@H](C)C(=O)N[C@H](C)c1ccccc1. The molecule has 22 heavy (non-hydrogen) atoms. The fourth-order valence-corrected chi connectivity index (χ4v) is 2.37. The lowest BCUT2D eigenvalue weighted by Gasteiger charge is -2.20. The van der Waals surface area contributed by atoms with Crippen LogP contribution in [-0.2, 0) is 4.79 Å². The quantitative estimate of drug-likeness (QED) is 0.893. The number of aryl methyl sites for hydroxylation is 1. The van der Waals surface area contributed by atoms with Gasteiger partial charge in [-0.25, -0.2) is 0 Å². The third kappa shape index (κ3) is 4.25. The molecule has 0 radical (unpaired) electrons. The van der Waals surface area contributed by atoms with Crippen molar-refractivity contribution < 1.29 is 9.53 Å². The average molecular weight is 318 g/mol. The van der Waals surface area contributed by atoms with Crippen LogP contribution < -0.4 is 10.1 Å². The lowest BCUT2D eigenvalue weighted by molar-refractivity contribution is -0.127. The molecule has 2 rings (SSSR count). The molecule has 4 heteroatoms. The Bertz CT molecular complexity index is 643. The fourth-order valence-electron chi connectivity index (χ4n) is 2.14. The Morgan fingerprint density at radius 1 is 1.14 bits per heavy atom. The van der Waals surface area contributed by atoms with Crippen LogP contribution in [0.2, 0.25) is 5.02 Å². The van der Waals surface area contributed by atoms with E-state index in [-0.39, 0.29) is 11.9 Å². The van der Waals surface area contributed by atoms with Gasteiger partial charge in [0.1, 0.15) is 5.75 Å². The zero-order chi connectivity index (χ0) is 16.1. The summed E-state index contributed by atoms with van der Waals surface area (Å²) in [5, 5.41) is 3.61. The van der Waals surface area contributed by atoms with Crippen LogP contribution in [-0.4, -0.2) is 12.0 Å². The van der Waals surface area contributed by atoms with E-state index < -0.39 is 6.10 Å². The summed E-state index contributed by atoms with van der Waals surface area (Å²) in [5.41, 5.74) is 1.97. The maximum atomic E-state index is 12.2. The molecular formula is C18H20ClNO2. The van der Waals surface area contributed by atoms with Crippen molar-refractivity contribution >= 4 is 17.5 Å². The Hall–Kier alpha value is -2.00. The molecule has 0 aliphatic carbocycles. The number of hydrogen-bond acceptors (Lipinski definition) is 2. The number of hydrogen-bond donors (Lipinski definition) is 1. The molecule has 0 unspecified atom stereocenters. The van der Waals surface area contributed by atoms with Crippen molar-refractivity contribution in [1.82, 2.24) is 5.32 Å². The van der Waals surface area contributed by atoms with Crippen LogP contribution >= 0.6 is 11.6 Å². The van der Waals surface area contributed by atoms with E-state index in [9.17, 15) is 4.79 Å². The number of rotatable bonds is 5. The largest absolute Gasteiger partial charge is 0.481 e. The Balaban J connectivity index is 1.97. The van der Waals surface area contributed by atoms with Crippen LogP contribution in [0.1, 0.15) is 31.0 Å². The third-order valence-corrected chi connectivity index (χ3v) is 3.70. The van der Waals surface area contributed by atoms with Gasteiger partial charge in [0.05, 0.1) is 6.04 Å². The van der Waals surface area contributed by atoms with Crippen molar-refractivity contribution in [2.24, 2.45) is 0 Å². The minimum absolute atomic E-state index is 0.0638. The summed E-state index contributed by atoms with van der Waals surface area (Å²) in [5.74, 6) is 0.519. The van der Waals surface area contributed by atoms with E-state index in [1.54, 1.807) is 19.1 Å². The van der Waals surface area contributed by atoms with Crippen molar-refractivity contribution in [3.63, 3.8) is 0 Å². The summed E-state index contributed by atoms with van der Waals surface area (Å²) < 4.78 is 5.73. The molecule has 2 aromatic carbocycles. The van der Waals surface area contributed by atoms with Crippen LogP contribution in [0.5, 0.6) is 5.75 Å². The van der Waals surface area contributed by atoms with Gasteiger partial charge in [-0.05, 0) is 50.1 Å². The minimum atomic E-state index is -0.578. The Labute approximate surface area is 136 Å². The molecule has 2 aromatic rings. The fraction of sp³-hybridized carbons (Fsp3) is 0.278. The Kier molecular flexibility index (Phi) is 5.45. The molecule has 1 amide bonds. The second kappa shape index (κ2) is 7.32. The Morgan fingerprint density at radius 2 is 1.82 bits per heavy atom. The van der Waals surface area contributed by atoms with Gasteiger partial charge in [0, 0.05) is 5.02 Å². The molecule has 1 N–H and O–H groups in total. The number of amides is 1. The highest BCUT2D eigenvalue weighted by Gasteiger charge is 2.18. The zero-order valence-electron chi connectivity index (χ0n) is 13.0. The molecule has 0 aliphatic rings. The smallest absolute Gasteiger partial charge is 0.261 e. The van der Waals surface area contributed by atoms with Crippen molar-refractivity contribution in [3.8, 4) is 5.75 Å². The molecule has 0 saturated carbocycles. The second-order valence-electron chi connectivity index (χ2n) is 5.31. The van der Waals surface area contributed by atoms with Crippen molar-refractivity contribution in [1.29, 1.82) is 0 Å². The average Bonchev–Trinajstić information content (AvgIpc) is 2.50. The predicted octanol–water partition coefficient (Wildman–Crippen LogP) is 4.29. The van der Waals surface area contributed by atoms with Gasteiger partial charge >= 0.3 is 0 Å². The minimum Gasteiger partial charge on any atom is -0.481 e. The van der Waals surface area contributed by atoms with E-state index in [0.717, 1.165) is 11.1 Å². The standard InChI is InChI=1S/C18H20ClNO2/c1-12-11-16(19)9-10-17(12)22-14(3)18(21)20-13(2)15-7-5-4-6-8-15/h4-11,13-14H,1-3H3,(H,20,21)/t13-,14+/m1/s1. The summed E-state index contributed by atoms with van der Waals surface area (Å²) in [6.07, 6.45) is -0.578. The van der Waals surface area contributed by atoms with Crippen molar-refractivity contribution in [3.05, 3.63) is 64.7 Å². The summed E-state index contributed by atoms with van der Waals surface area (Å²) >= 11 is 5.92. The van der Waals surface area contributed by atoms with Crippen LogP contribution in [0.4, 0.5) is 0 Å². The molecule has 0 spiro atoms. The molecule has 0 aliphatic heterocycles. The van der Waals surface area contributed by atoms with Gasteiger partial charge in [0.25, 0.3) is 5.91 Å². The van der Waals surface area contributed by atoms with Gasteiger partial charge in [0.2, 0.25) is 0 Å². The van der Waals surface area contributed by atoms with Gasteiger partial charge in [-0.2, -0.15) is 0 Å². The highest BCUT2D eigenvalue weighted by molar-refractivity contribution is 6.30. The van der Waals surface area contributed by atoms with E-state index in [1.807, 2.05) is 50.2 Å². The maximum absolute atomic E-state index is 12.2. The number of ether oxygens (including phenoxy) is 1. The summed E-state index contributed by atoms with van der Waals surface area (Å²) in [4.78, 5) is 12.2. The summed E-state index contributed by atoms with van der Waals surface area (Å²) in [7, 11) is 0. The topological polar surface area (TPSA) is 38.3 Å². The van der Waals surface area contributed by atoms with Gasteiger partial charge in [-0.1, -0.05) is 41.9 Å². The molecule has 3 nitrogen and oxygen atoms in total. The first-order valence-corrected chi connectivity index (χ1v) is 7.63. The molecule has 0 saturated heterocycles. The lowest BCUT2D eigenvalue weighted by Crippen LogP contribution is -2.37. The van der Waals surface area contributed by atoms with E-state index >= 15 is 0 Å². The monoisotopic (exact) mass is 317 g/mol. The Morgan fingerprint density at radius 3 is 2.45 bits per heavy atom. The lowest BCUT2D eigenvalue weighted by atomic mass is 10.1. The molecule has 0 fully saturated rings. The highest BCUT2D eigenvalue weighted by Crippen LogP contribution is 2.23. The predicted molar refractivity (Wildman–Crippen MR) is 89.3 cm³/mol. The summed E-state index contributed by atoms with van der Waals surface area (Å²) in [6.45, 7) is 5.59. The van der Waals surface area contributed by atoms with Gasteiger partial charge in [0.15, 0.2) is 6.10 Å². The van der Waals surface area contributed by atoms with Crippen molar-refractivity contribution in [2.75, 3.05) is 0 Å². The van der Waals surface area contributed by atoms with Gasteiger partial charge in [-0.15, -0.1) is 0 Å². The first-order chi connectivity index (χ1) is 10.5. The first kappa shape index (κ1) is 16.4. The molecule has 0 aromatic heterocycles. The summed E-state index contributed by atoms with van der Waals surface area (Å²) in [6, 6.07) is 15.1. The number of nitrogens with one attached hydrogen (secondary N) is 1. The normalized spacial score (nSPS) is 13.3. The van der Waals surface area contributed by atoms with Crippen LogP contribution in [0.15, 0.2) is 48.5 Å². The van der Waals surface area contributed by atoms with Crippen molar-refractivity contribution in [2.45, 2.75) is 32.9 Å². The van der Waals surface area contributed by atoms with Crippen LogP contribution in [0.3, 0.4) is 0 Å². The van der Waals surface area contributed by atoms with E-state index in [2.05, 4.69) is 5.32 Å². The highest BCUT2D eigenvalue weighted by atomic mass is 35.5. The first-order valence-electron chi connectivity index (χ1n) is 7.25. The van der Waals surface area contributed by atoms with E-state index in [1.165, 1.54) is 0 Å². The van der Waals surface area contributed by atoms with E-state index in [0.29, 0.717) is 10.8 Å². The number of carbonyl (C=O) groups excluding carboxylic acids is 1. The molecule has 116 valence electrons. The van der Waals surface area contributed by atoms with Gasteiger partial charge in [-0.3, -0.25) is 4.79 Å². The van der Waals surface area contributed by atoms with Crippen LogP contribution in [0, 0.1) is 6.92 Å². The molecule has 2 atom stereocenters. The van der Waals surface area contributed by atoms with Gasteiger partial charge < -0.3 is 10.1 Å². The van der Waals surface area contributed by atoms with E-state index in [4.69, 9.17) is 16.3 Å². The maximum Gasteiger partial charge on any atom is 0.261 e. The zero-order valence-corrected chi connectivity index (χ0v) is 13.7. The third-order valence-electron chi connectivity index (χ3n) is 3.47. The molecule has 0 bridgehead atoms. The number of benzene rings is 2. The number of carbonyl (C=O) groups is 1.